The van der Waals surface area contributed by atoms with Crippen LogP contribution in [0.5, 0.6) is 5.75 Å². The molecule has 2 heterocycles. The van der Waals surface area contributed by atoms with Crippen molar-refractivity contribution in [3.8, 4) is 16.9 Å². The normalized spacial score (nSPS) is 22.1. The second-order valence-electron chi connectivity index (χ2n) is 9.49. The minimum absolute atomic E-state index is 0.0129. The molecule has 5 rings (SSSR count). The van der Waals surface area contributed by atoms with Crippen molar-refractivity contribution in [2.45, 2.75) is 30.8 Å². The number of methoxy groups -OCH3 is 1. The Bertz CT molecular complexity index is 1190. The number of aliphatic hydroxyl groups excluding tert-OH is 1. The molecule has 0 spiro atoms. The van der Waals surface area contributed by atoms with Crippen LogP contribution in [-0.2, 0) is 0 Å². The topological polar surface area (TPSA) is 65.0 Å². The van der Waals surface area contributed by atoms with Crippen LogP contribution in [0.15, 0.2) is 72.8 Å². The molecule has 0 aromatic heterocycles. The summed E-state index contributed by atoms with van der Waals surface area (Å²) in [7, 11) is 1.61. The molecule has 36 heavy (non-hydrogen) atoms. The number of hydrogen-bond donors (Lipinski definition) is 2. The molecule has 2 aliphatic heterocycles. The molecule has 3 aromatic carbocycles. The number of fused-ring (bicyclic) bond motifs is 1. The number of aliphatic hydroxyl groups is 1. The molecule has 188 valence electrons. The molecule has 2 N–H and O–H groups in total. The van der Waals surface area contributed by atoms with E-state index in [-0.39, 0.29) is 36.5 Å². The van der Waals surface area contributed by atoms with Crippen LogP contribution >= 0.6 is 0 Å². The number of carbonyl (C=O) groups is 1. The molecule has 2 fully saturated rings. The van der Waals surface area contributed by atoms with Crippen LogP contribution in [0.4, 0.5) is 14.9 Å². The molecule has 0 bridgehead atoms. The van der Waals surface area contributed by atoms with Crippen LogP contribution in [0, 0.1) is 5.82 Å². The van der Waals surface area contributed by atoms with Gasteiger partial charge in [0.05, 0.1) is 13.7 Å². The zero-order chi connectivity index (χ0) is 25.1. The first-order chi connectivity index (χ1) is 17.6. The van der Waals surface area contributed by atoms with E-state index in [0.717, 1.165) is 42.0 Å². The van der Waals surface area contributed by atoms with E-state index >= 15 is 0 Å². The van der Waals surface area contributed by atoms with Crippen molar-refractivity contribution < 1.29 is 19.0 Å². The summed E-state index contributed by atoms with van der Waals surface area (Å²) in [6.45, 7) is 2.25. The van der Waals surface area contributed by atoms with Crippen LogP contribution in [-0.4, -0.2) is 66.4 Å². The molecule has 3 atom stereocenters. The molecule has 2 saturated heterocycles. The number of nitrogens with zero attached hydrogens (tertiary/aromatic N) is 2. The summed E-state index contributed by atoms with van der Waals surface area (Å²) in [5.74, 6) is 0.592. The molecule has 2 amide bonds. The van der Waals surface area contributed by atoms with Gasteiger partial charge in [0.15, 0.2) is 0 Å². The predicted octanol–water partition coefficient (Wildman–Crippen LogP) is 4.96. The SMILES string of the molecule is COc1ccc(NC(=O)N2CCCCN3[C@H](CO)[C@H](c4ccc(-c5ccccc5F)cc4)[C@@H]3C2)cc1. The Morgan fingerprint density at radius 3 is 2.44 bits per heavy atom. The molecule has 0 unspecified atom stereocenters. The summed E-state index contributed by atoms with van der Waals surface area (Å²) in [6.07, 6.45) is 1.89. The first kappa shape index (κ1) is 24.3. The summed E-state index contributed by atoms with van der Waals surface area (Å²) >= 11 is 0. The van der Waals surface area contributed by atoms with Gasteiger partial charge in [-0.05, 0) is 60.8 Å². The number of benzene rings is 3. The smallest absolute Gasteiger partial charge is 0.321 e. The van der Waals surface area contributed by atoms with Gasteiger partial charge in [0.25, 0.3) is 0 Å². The first-order valence-corrected chi connectivity index (χ1v) is 12.5. The van der Waals surface area contributed by atoms with Gasteiger partial charge in [-0.2, -0.15) is 0 Å². The van der Waals surface area contributed by atoms with Gasteiger partial charge >= 0.3 is 6.03 Å². The molecule has 0 saturated carbocycles. The van der Waals surface area contributed by atoms with Crippen molar-refractivity contribution in [1.82, 2.24) is 9.80 Å². The monoisotopic (exact) mass is 489 g/mol. The predicted molar refractivity (Wildman–Crippen MR) is 139 cm³/mol. The van der Waals surface area contributed by atoms with E-state index in [1.807, 2.05) is 59.5 Å². The zero-order valence-corrected chi connectivity index (χ0v) is 20.4. The first-order valence-electron chi connectivity index (χ1n) is 12.5. The fourth-order valence-electron chi connectivity index (χ4n) is 5.58. The van der Waals surface area contributed by atoms with E-state index in [9.17, 15) is 14.3 Å². The summed E-state index contributed by atoms with van der Waals surface area (Å²) < 4.78 is 19.5. The maximum atomic E-state index is 14.3. The molecule has 2 aliphatic rings. The zero-order valence-electron chi connectivity index (χ0n) is 20.4. The Labute approximate surface area is 211 Å². The van der Waals surface area contributed by atoms with Crippen molar-refractivity contribution in [2.24, 2.45) is 0 Å². The third-order valence-corrected chi connectivity index (χ3v) is 7.48. The second kappa shape index (κ2) is 10.7. The second-order valence-corrected chi connectivity index (χ2v) is 9.49. The lowest BCUT2D eigenvalue weighted by molar-refractivity contribution is -0.0585. The number of rotatable bonds is 5. The minimum Gasteiger partial charge on any atom is -0.497 e. The number of ether oxygens (including phenoxy) is 1. The van der Waals surface area contributed by atoms with E-state index in [0.29, 0.717) is 18.7 Å². The van der Waals surface area contributed by atoms with E-state index in [4.69, 9.17) is 4.74 Å². The highest BCUT2D eigenvalue weighted by Crippen LogP contribution is 2.42. The highest BCUT2D eigenvalue weighted by atomic mass is 19.1. The van der Waals surface area contributed by atoms with Crippen molar-refractivity contribution in [2.75, 3.05) is 38.7 Å². The average molecular weight is 490 g/mol. The third-order valence-electron chi connectivity index (χ3n) is 7.48. The van der Waals surface area contributed by atoms with Gasteiger partial charge in [0, 0.05) is 42.3 Å². The maximum absolute atomic E-state index is 14.3. The Morgan fingerprint density at radius 1 is 1.03 bits per heavy atom. The number of halogens is 1. The molecule has 0 aliphatic carbocycles. The van der Waals surface area contributed by atoms with E-state index in [2.05, 4.69) is 10.2 Å². The Morgan fingerprint density at radius 2 is 1.75 bits per heavy atom. The Balaban J connectivity index is 1.33. The van der Waals surface area contributed by atoms with Crippen LogP contribution in [0.25, 0.3) is 11.1 Å². The molecular formula is C29H32FN3O3. The minimum atomic E-state index is -0.244. The molecule has 7 heteroatoms. The average Bonchev–Trinajstić information content (AvgIpc) is 2.89. The van der Waals surface area contributed by atoms with E-state index in [1.165, 1.54) is 6.07 Å². The summed E-state index contributed by atoms with van der Waals surface area (Å²) in [6, 6.07) is 22.0. The summed E-state index contributed by atoms with van der Waals surface area (Å²) in [5.41, 5.74) is 3.23. The van der Waals surface area contributed by atoms with E-state index in [1.54, 1.807) is 19.2 Å². The van der Waals surface area contributed by atoms with Crippen LogP contribution in [0.3, 0.4) is 0 Å². The van der Waals surface area contributed by atoms with Crippen LogP contribution in [0.1, 0.15) is 24.3 Å². The number of nitrogens with one attached hydrogen (secondary N) is 1. The fourth-order valence-corrected chi connectivity index (χ4v) is 5.58. The quantitative estimate of drug-likeness (QED) is 0.532. The van der Waals surface area contributed by atoms with Crippen LogP contribution < -0.4 is 10.1 Å². The standard InChI is InChI=1S/C29H32FN3O3/c1-36-23-14-12-22(13-15-23)31-29(35)32-16-4-5-17-33-26(18-32)28(27(33)19-34)21-10-8-20(9-11-21)24-6-2-3-7-25(24)30/h2-3,6-15,26-28,34H,4-5,16-19H2,1H3,(H,31,35)/t26-,27+,28+/m0/s1. The molecule has 6 nitrogen and oxygen atoms in total. The van der Waals surface area contributed by atoms with Crippen molar-refractivity contribution >= 4 is 11.7 Å². The fraction of sp³-hybridized carbons (Fsp3) is 0.345. The van der Waals surface area contributed by atoms with Gasteiger partial charge in [0.2, 0.25) is 0 Å². The largest absolute Gasteiger partial charge is 0.497 e. The lowest BCUT2D eigenvalue weighted by Gasteiger charge is -2.57. The van der Waals surface area contributed by atoms with Gasteiger partial charge in [-0.25, -0.2) is 9.18 Å². The van der Waals surface area contributed by atoms with Crippen LogP contribution in [0.2, 0.25) is 0 Å². The molecule has 0 radical (unpaired) electrons. The highest BCUT2D eigenvalue weighted by molar-refractivity contribution is 5.89. The molecule has 3 aromatic rings. The van der Waals surface area contributed by atoms with Crippen molar-refractivity contribution in [3.05, 3.63) is 84.2 Å². The van der Waals surface area contributed by atoms with Gasteiger partial charge in [0.1, 0.15) is 11.6 Å². The molecular weight excluding hydrogens is 457 g/mol. The maximum Gasteiger partial charge on any atom is 0.321 e. The van der Waals surface area contributed by atoms with Crippen molar-refractivity contribution in [3.63, 3.8) is 0 Å². The number of carbonyl (C=O) groups excluding carboxylic acids is 1. The van der Waals surface area contributed by atoms with Gasteiger partial charge in [-0.3, -0.25) is 4.90 Å². The third kappa shape index (κ3) is 4.81. The highest BCUT2D eigenvalue weighted by Gasteiger charge is 2.49. The summed E-state index contributed by atoms with van der Waals surface area (Å²) in [4.78, 5) is 17.4. The number of urea groups is 1. The van der Waals surface area contributed by atoms with Crippen molar-refractivity contribution in [1.29, 1.82) is 0 Å². The Kier molecular flexibility index (Phi) is 7.20. The summed E-state index contributed by atoms with van der Waals surface area (Å²) in [5, 5.41) is 13.2. The van der Waals surface area contributed by atoms with Gasteiger partial charge < -0.3 is 20.1 Å². The van der Waals surface area contributed by atoms with E-state index < -0.39 is 0 Å². The lowest BCUT2D eigenvalue weighted by Crippen LogP contribution is -2.68. The Hall–Kier alpha value is -3.42. The number of hydrogen-bond acceptors (Lipinski definition) is 4. The number of amides is 2. The number of anilines is 1. The van der Waals surface area contributed by atoms with Gasteiger partial charge in [-0.1, -0.05) is 42.5 Å². The van der Waals surface area contributed by atoms with Gasteiger partial charge in [-0.15, -0.1) is 0 Å². The lowest BCUT2D eigenvalue weighted by atomic mass is 9.74.